The van der Waals surface area contributed by atoms with Crippen LogP contribution in [0.15, 0.2) is 0 Å². The molecule has 17 heavy (non-hydrogen) atoms. The first kappa shape index (κ1) is 13.4. The van der Waals surface area contributed by atoms with E-state index in [9.17, 15) is 0 Å². The van der Waals surface area contributed by atoms with Crippen molar-refractivity contribution in [2.75, 3.05) is 0 Å². The lowest BCUT2D eigenvalue weighted by Crippen LogP contribution is -2.41. The number of hydrogen-bond acceptors (Lipinski definition) is 0. The summed E-state index contributed by atoms with van der Waals surface area (Å²) in [6.45, 7) is 7.67. The topological polar surface area (TPSA) is 0 Å². The van der Waals surface area contributed by atoms with E-state index in [4.69, 9.17) is 0 Å². The zero-order chi connectivity index (χ0) is 12.4. The highest BCUT2D eigenvalue weighted by Crippen LogP contribution is 2.55. The van der Waals surface area contributed by atoms with E-state index in [1.807, 2.05) is 0 Å². The maximum Gasteiger partial charge on any atom is -0.0292 e. The number of hydrogen-bond donors (Lipinski definition) is 0. The maximum absolute atomic E-state index is 2.61. The van der Waals surface area contributed by atoms with Gasteiger partial charge in [-0.3, -0.25) is 0 Å². The minimum Gasteiger partial charge on any atom is -0.0651 e. The van der Waals surface area contributed by atoms with Crippen molar-refractivity contribution in [2.45, 2.75) is 91.4 Å². The third kappa shape index (κ3) is 2.71. The van der Waals surface area contributed by atoms with Crippen LogP contribution in [0.4, 0.5) is 0 Å². The van der Waals surface area contributed by atoms with E-state index >= 15 is 0 Å². The summed E-state index contributed by atoms with van der Waals surface area (Å²) in [5, 5.41) is 0. The van der Waals surface area contributed by atoms with E-state index in [-0.39, 0.29) is 0 Å². The summed E-state index contributed by atoms with van der Waals surface area (Å²) in [6.07, 6.45) is 16.3. The molecule has 100 valence electrons. The highest BCUT2D eigenvalue weighted by atomic mass is 14.5. The Morgan fingerprint density at radius 1 is 0.706 bits per heavy atom. The van der Waals surface area contributed by atoms with Crippen LogP contribution in [0.1, 0.15) is 91.4 Å². The van der Waals surface area contributed by atoms with E-state index in [1.54, 1.807) is 0 Å². The summed E-state index contributed by atoms with van der Waals surface area (Å²) in [5.41, 5.74) is 1.33. The largest absolute Gasteiger partial charge is 0.0651 e. The molecular weight excluding hydrogens is 204 g/mol. The van der Waals surface area contributed by atoms with Gasteiger partial charge in [-0.1, -0.05) is 65.7 Å². The summed E-state index contributed by atoms with van der Waals surface area (Å²) < 4.78 is 0. The van der Waals surface area contributed by atoms with Crippen molar-refractivity contribution in [3.63, 3.8) is 0 Å². The Hall–Kier alpha value is 0. The Bertz CT molecular complexity index is 204. The van der Waals surface area contributed by atoms with Crippen molar-refractivity contribution >= 4 is 0 Å². The fraction of sp³-hybridized carbons (Fsp3) is 1.00. The molecule has 0 heterocycles. The van der Waals surface area contributed by atoms with Gasteiger partial charge in [-0.25, -0.2) is 0 Å². The lowest BCUT2D eigenvalue weighted by molar-refractivity contribution is -0.0107. The summed E-state index contributed by atoms with van der Waals surface area (Å²) in [4.78, 5) is 0. The summed E-state index contributed by atoms with van der Waals surface area (Å²) in [7, 11) is 0. The molecule has 0 nitrogen and oxygen atoms in total. The van der Waals surface area contributed by atoms with Gasteiger partial charge < -0.3 is 0 Å². The van der Waals surface area contributed by atoms with Crippen molar-refractivity contribution in [3.05, 3.63) is 0 Å². The van der Waals surface area contributed by atoms with E-state index < -0.39 is 0 Å². The van der Waals surface area contributed by atoms with Crippen molar-refractivity contribution in [3.8, 4) is 0 Å². The van der Waals surface area contributed by atoms with Crippen molar-refractivity contribution in [1.29, 1.82) is 0 Å². The molecule has 2 aliphatic carbocycles. The fourth-order valence-corrected chi connectivity index (χ4v) is 5.24. The Labute approximate surface area is 109 Å². The van der Waals surface area contributed by atoms with Gasteiger partial charge in [0.2, 0.25) is 0 Å². The molecule has 2 fully saturated rings. The van der Waals surface area contributed by atoms with Gasteiger partial charge >= 0.3 is 0 Å². The first-order chi connectivity index (χ1) is 8.11. The maximum atomic E-state index is 2.61. The summed E-state index contributed by atoms with van der Waals surface area (Å²) >= 11 is 0. The van der Waals surface area contributed by atoms with Gasteiger partial charge in [-0.2, -0.15) is 0 Å². The van der Waals surface area contributed by atoms with E-state index in [2.05, 4.69) is 20.8 Å². The molecule has 0 bridgehead atoms. The van der Waals surface area contributed by atoms with Crippen molar-refractivity contribution in [1.82, 2.24) is 0 Å². The summed E-state index contributed by atoms with van der Waals surface area (Å²) in [5.74, 6) is 0.982. The molecule has 2 rings (SSSR count). The molecule has 2 saturated carbocycles. The molecule has 0 amide bonds. The Morgan fingerprint density at radius 3 is 1.35 bits per heavy atom. The van der Waals surface area contributed by atoms with Crippen molar-refractivity contribution in [2.24, 2.45) is 16.7 Å². The highest BCUT2D eigenvalue weighted by molar-refractivity contribution is 4.95. The average molecular weight is 236 g/mol. The second kappa shape index (κ2) is 5.33. The average Bonchev–Trinajstić information content (AvgIpc) is 2.31. The normalized spacial score (nSPS) is 28.2. The quantitative estimate of drug-likeness (QED) is 0.567. The second-order valence-electron chi connectivity index (χ2n) is 7.39. The molecule has 0 radical (unpaired) electrons. The predicted octanol–water partition coefficient (Wildman–Crippen LogP) is 5.95. The third-order valence-corrected chi connectivity index (χ3v) is 6.08. The first-order valence-electron chi connectivity index (χ1n) is 8.11. The molecule has 0 aromatic rings. The lowest BCUT2D eigenvalue weighted by atomic mass is 9.54. The molecule has 0 aromatic heterocycles. The molecular formula is C17H32. The molecule has 0 N–H and O–H groups in total. The van der Waals surface area contributed by atoms with Crippen LogP contribution in [-0.4, -0.2) is 0 Å². The van der Waals surface area contributed by atoms with Crippen LogP contribution in [0.25, 0.3) is 0 Å². The van der Waals surface area contributed by atoms with Crippen LogP contribution >= 0.6 is 0 Å². The molecule has 0 aliphatic heterocycles. The van der Waals surface area contributed by atoms with Crippen LogP contribution in [0.3, 0.4) is 0 Å². The molecule has 0 aromatic carbocycles. The zero-order valence-electron chi connectivity index (χ0n) is 12.4. The number of rotatable bonds is 3. The lowest BCUT2D eigenvalue weighted by Gasteiger charge is -2.51. The van der Waals surface area contributed by atoms with Gasteiger partial charge in [0.15, 0.2) is 0 Å². The van der Waals surface area contributed by atoms with E-state index in [0.29, 0.717) is 10.8 Å². The van der Waals surface area contributed by atoms with Crippen LogP contribution < -0.4 is 0 Å². The van der Waals surface area contributed by atoms with Crippen molar-refractivity contribution < 1.29 is 0 Å². The van der Waals surface area contributed by atoms with Gasteiger partial charge in [0.05, 0.1) is 0 Å². The summed E-state index contributed by atoms with van der Waals surface area (Å²) in [6, 6.07) is 0. The van der Waals surface area contributed by atoms with Gasteiger partial charge in [0.25, 0.3) is 0 Å². The van der Waals surface area contributed by atoms with Gasteiger partial charge in [-0.05, 0) is 42.4 Å². The monoisotopic (exact) mass is 236 g/mol. The minimum atomic E-state index is 0.666. The third-order valence-electron chi connectivity index (χ3n) is 6.08. The van der Waals surface area contributed by atoms with Crippen LogP contribution in [-0.2, 0) is 0 Å². The van der Waals surface area contributed by atoms with Crippen LogP contribution in [0, 0.1) is 16.7 Å². The first-order valence-corrected chi connectivity index (χ1v) is 8.11. The van der Waals surface area contributed by atoms with E-state index in [0.717, 1.165) is 5.92 Å². The standard InChI is InChI=1S/C17H32/c1-4-15(16(2)11-7-5-8-12-16)17(3)13-9-6-10-14-17/h15H,4-14H2,1-3H3. The van der Waals surface area contributed by atoms with Gasteiger partial charge in [-0.15, -0.1) is 0 Å². The molecule has 0 saturated heterocycles. The molecule has 0 heteroatoms. The van der Waals surface area contributed by atoms with Gasteiger partial charge in [0.1, 0.15) is 0 Å². The minimum absolute atomic E-state index is 0.666. The molecule has 0 atom stereocenters. The van der Waals surface area contributed by atoms with E-state index in [1.165, 1.54) is 70.6 Å². The Kier molecular flexibility index (Phi) is 4.21. The molecule has 2 aliphatic rings. The zero-order valence-corrected chi connectivity index (χ0v) is 12.4. The van der Waals surface area contributed by atoms with Crippen LogP contribution in [0.2, 0.25) is 0 Å². The second-order valence-corrected chi connectivity index (χ2v) is 7.39. The SMILES string of the molecule is CCC(C1(C)CCCCC1)C1(C)CCCCC1. The molecule has 0 spiro atoms. The fourth-order valence-electron chi connectivity index (χ4n) is 5.24. The Morgan fingerprint density at radius 2 is 1.06 bits per heavy atom. The Balaban J connectivity index is 2.13. The smallest absolute Gasteiger partial charge is 0.0292 e. The van der Waals surface area contributed by atoms with Gasteiger partial charge in [0, 0.05) is 0 Å². The predicted molar refractivity (Wildman–Crippen MR) is 76.2 cm³/mol. The molecule has 0 unspecified atom stereocenters. The highest BCUT2D eigenvalue weighted by Gasteiger charge is 2.45. The van der Waals surface area contributed by atoms with Crippen LogP contribution in [0.5, 0.6) is 0 Å².